The van der Waals surface area contributed by atoms with Crippen LogP contribution in [0.2, 0.25) is 0 Å². The maximum Gasteiger partial charge on any atom is 0.244 e. The molecule has 1 aromatic heterocycles. The Morgan fingerprint density at radius 1 is 1.28 bits per heavy atom. The number of sulfonamides is 1. The lowest BCUT2D eigenvalue weighted by Gasteiger charge is -2.33. The number of rotatable bonds is 5. The molecule has 0 aliphatic carbocycles. The molecule has 0 bridgehead atoms. The average molecular weight is 434 g/mol. The van der Waals surface area contributed by atoms with Gasteiger partial charge in [-0.2, -0.15) is 4.31 Å². The minimum absolute atomic E-state index is 0.0575. The van der Waals surface area contributed by atoms with Crippen molar-refractivity contribution in [1.29, 1.82) is 0 Å². The van der Waals surface area contributed by atoms with Crippen LogP contribution < -0.4 is 4.74 Å². The number of hydrogen-bond acceptors (Lipinski definition) is 6. The average Bonchev–Trinajstić information content (AvgIpc) is 2.64. The molecule has 1 aromatic rings. The zero-order valence-corrected chi connectivity index (χ0v) is 16.8. The molecule has 0 N–H and O–H groups in total. The van der Waals surface area contributed by atoms with Crippen LogP contribution in [0.3, 0.4) is 0 Å². The Hall–Kier alpha value is -0.740. The molecule has 0 spiro atoms. The van der Waals surface area contributed by atoms with Gasteiger partial charge in [0.1, 0.15) is 11.0 Å². The molecule has 25 heavy (non-hydrogen) atoms. The predicted molar refractivity (Wildman–Crippen MR) is 97.3 cm³/mol. The zero-order valence-electron chi connectivity index (χ0n) is 14.4. The highest BCUT2D eigenvalue weighted by atomic mass is 79.9. The van der Waals surface area contributed by atoms with Gasteiger partial charge in [-0.3, -0.25) is 0 Å². The van der Waals surface area contributed by atoms with E-state index in [1.54, 1.807) is 6.07 Å². The predicted octanol–water partition coefficient (Wildman–Crippen LogP) is 1.73. The second kappa shape index (κ2) is 8.30. The lowest BCUT2D eigenvalue weighted by Crippen LogP contribution is -2.48. The van der Waals surface area contributed by atoms with E-state index in [0.29, 0.717) is 36.7 Å². The van der Waals surface area contributed by atoms with Gasteiger partial charge < -0.3 is 14.4 Å². The number of likely N-dealkylation sites (N-methyl/N-ethyl adjacent to an activating group) is 1. The third-order valence-corrected chi connectivity index (χ3v) is 7.08. The second-order valence-corrected chi connectivity index (χ2v) is 9.02. The monoisotopic (exact) mass is 433 g/mol. The van der Waals surface area contributed by atoms with Crippen molar-refractivity contribution in [2.75, 3.05) is 45.9 Å². The summed E-state index contributed by atoms with van der Waals surface area (Å²) in [7, 11) is -3.53. The summed E-state index contributed by atoms with van der Waals surface area (Å²) >= 11 is 3.40. The number of aromatic nitrogens is 1. The van der Waals surface area contributed by atoms with Crippen LogP contribution in [0.1, 0.15) is 19.8 Å². The summed E-state index contributed by atoms with van der Waals surface area (Å²) < 4.78 is 38.9. The fraction of sp³-hybridized carbons (Fsp3) is 0.688. The lowest BCUT2D eigenvalue weighted by molar-refractivity contribution is 0.0233. The van der Waals surface area contributed by atoms with Crippen LogP contribution in [-0.2, 0) is 14.8 Å². The van der Waals surface area contributed by atoms with Gasteiger partial charge in [-0.1, -0.05) is 6.92 Å². The minimum atomic E-state index is -3.53. The first-order valence-electron chi connectivity index (χ1n) is 8.63. The maximum absolute atomic E-state index is 12.8. The quantitative estimate of drug-likeness (QED) is 0.703. The lowest BCUT2D eigenvalue weighted by atomic mass is 10.2. The third kappa shape index (κ3) is 4.51. The van der Waals surface area contributed by atoms with Crippen LogP contribution in [0.15, 0.2) is 21.6 Å². The van der Waals surface area contributed by atoms with E-state index < -0.39 is 10.0 Å². The Morgan fingerprint density at radius 2 is 1.96 bits per heavy atom. The SMILES string of the molecule is CCN1CCN(S(=O)(=O)c2cnc(OC3CCOCC3)c(Br)c2)CC1. The molecule has 140 valence electrons. The first-order chi connectivity index (χ1) is 12.0. The van der Waals surface area contributed by atoms with Crippen LogP contribution in [0.25, 0.3) is 0 Å². The van der Waals surface area contributed by atoms with Gasteiger partial charge in [0.25, 0.3) is 0 Å². The van der Waals surface area contributed by atoms with Crippen molar-refractivity contribution in [2.45, 2.75) is 30.8 Å². The van der Waals surface area contributed by atoms with E-state index in [1.165, 1.54) is 10.5 Å². The van der Waals surface area contributed by atoms with Gasteiger partial charge in [0.15, 0.2) is 0 Å². The summed E-state index contributed by atoms with van der Waals surface area (Å²) in [6.07, 6.45) is 3.08. The van der Waals surface area contributed by atoms with E-state index in [2.05, 4.69) is 32.7 Å². The molecule has 9 heteroatoms. The normalized spacial score (nSPS) is 21.4. The molecule has 3 heterocycles. The highest BCUT2D eigenvalue weighted by Gasteiger charge is 2.29. The van der Waals surface area contributed by atoms with Crippen molar-refractivity contribution < 1.29 is 17.9 Å². The second-order valence-electron chi connectivity index (χ2n) is 6.23. The van der Waals surface area contributed by atoms with Crippen LogP contribution in [0.5, 0.6) is 5.88 Å². The maximum atomic E-state index is 12.8. The Labute approximate surface area is 157 Å². The summed E-state index contributed by atoms with van der Waals surface area (Å²) in [4.78, 5) is 6.68. The molecule has 7 nitrogen and oxygen atoms in total. The highest BCUT2D eigenvalue weighted by molar-refractivity contribution is 9.10. The minimum Gasteiger partial charge on any atom is -0.473 e. The van der Waals surface area contributed by atoms with Gasteiger partial charge in [0.2, 0.25) is 15.9 Å². The first kappa shape index (κ1) is 19.0. The Kier molecular flexibility index (Phi) is 6.32. The summed E-state index contributed by atoms with van der Waals surface area (Å²) in [6.45, 7) is 6.92. The van der Waals surface area contributed by atoms with E-state index in [0.717, 1.165) is 32.5 Å². The molecular formula is C16H24BrN3O4S. The Bertz CT molecular complexity index is 687. The number of ether oxygens (including phenoxy) is 2. The van der Waals surface area contributed by atoms with Crippen LogP contribution in [0, 0.1) is 0 Å². The third-order valence-electron chi connectivity index (χ3n) is 4.65. The van der Waals surface area contributed by atoms with Crippen molar-refractivity contribution in [3.8, 4) is 5.88 Å². The van der Waals surface area contributed by atoms with Crippen molar-refractivity contribution in [3.05, 3.63) is 16.7 Å². The number of pyridine rings is 1. The van der Waals surface area contributed by atoms with Gasteiger partial charge >= 0.3 is 0 Å². The Morgan fingerprint density at radius 3 is 2.56 bits per heavy atom. The number of nitrogens with zero attached hydrogens (tertiary/aromatic N) is 3. The molecule has 2 aliphatic heterocycles. The summed E-state index contributed by atoms with van der Waals surface area (Å²) in [5.74, 6) is 0.432. The van der Waals surface area contributed by atoms with E-state index in [4.69, 9.17) is 9.47 Å². The molecule has 2 saturated heterocycles. The van der Waals surface area contributed by atoms with Crippen LogP contribution in [0.4, 0.5) is 0 Å². The molecule has 0 unspecified atom stereocenters. The standard InChI is InChI=1S/C16H24BrN3O4S/c1-2-19-5-7-20(8-6-19)25(21,22)14-11-15(17)16(18-12-14)24-13-3-9-23-10-4-13/h11-13H,2-10H2,1H3. The molecule has 3 rings (SSSR count). The molecule has 2 aliphatic rings. The highest BCUT2D eigenvalue weighted by Crippen LogP contribution is 2.29. The van der Waals surface area contributed by atoms with E-state index in [1.807, 2.05) is 0 Å². The molecule has 0 amide bonds. The van der Waals surface area contributed by atoms with Gasteiger partial charge in [-0.15, -0.1) is 0 Å². The van der Waals surface area contributed by atoms with Gasteiger partial charge in [-0.05, 0) is 28.5 Å². The van der Waals surface area contributed by atoms with Gasteiger partial charge in [0, 0.05) is 39.0 Å². The van der Waals surface area contributed by atoms with Crippen molar-refractivity contribution in [2.24, 2.45) is 0 Å². The van der Waals surface area contributed by atoms with E-state index in [-0.39, 0.29) is 11.0 Å². The van der Waals surface area contributed by atoms with Gasteiger partial charge in [0.05, 0.1) is 23.9 Å². The largest absolute Gasteiger partial charge is 0.473 e. The number of hydrogen-bond donors (Lipinski definition) is 0. The zero-order chi connectivity index (χ0) is 17.9. The van der Waals surface area contributed by atoms with Crippen LogP contribution >= 0.6 is 15.9 Å². The molecule has 0 aromatic carbocycles. The fourth-order valence-electron chi connectivity index (χ4n) is 3.02. The smallest absolute Gasteiger partial charge is 0.244 e. The fourth-order valence-corrected chi connectivity index (χ4v) is 5.01. The van der Waals surface area contributed by atoms with Crippen molar-refractivity contribution >= 4 is 26.0 Å². The summed E-state index contributed by atoms with van der Waals surface area (Å²) in [6, 6.07) is 1.59. The first-order valence-corrected chi connectivity index (χ1v) is 10.9. The van der Waals surface area contributed by atoms with E-state index in [9.17, 15) is 8.42 Å². The van der Waals surface area contributed by atoms with Gasteiger partial charge in [-0.25, -0.2) is 13.4 Å². The molecular weight excluding hydrogens is 410 g/mol. The molecule has 0 saturated carbocycles. The number of piperazine rings is 1. The molecule has 0 radical (unpaired) electrons. The summed E-state index contributed by atoms with van der Waals surface area (Å²) in [5.41, 5.74) is 0. The topological polar surface area (TPSA) is 72.0 Å². The van der Waals surface area contributed by atoms with Crippen molar-refractivity contribution in [1.82, 2.24) is 14.2 Å². The molecule has 0 atom stereocenters. The molecule has 2 fully saturated rings. The summed E-state index contributed by atoms with van der Waals surface area (Å²) in [5, 5.41) is 0. The Balaban J connectivity index is 1.70. The van der Waals surface area contributed by atoms with Crippen LogP contribution in [-0.4, -0.2) is 74.6 Å². The van der Waals surface area contributed by atoms with Crippen molar-refractivity contribution in [3.63, 3.8) is 0 Å². The number of halogens is 1. The van der Waals surface area contributed by atoms with E-state index >= 15 is 0 Å².